The highest BCUT2D eigenvalue weighted by Crippen LogP contribution is 2.72. The first-order chi connectivity index (χ1) is 13.8. The van der Waals surface area contributed by atoms with Crippen LogP contribution in [0.3, 0.4) is 0 Å². The molecular weight excluding hydrogens is 391 g/mol. The molecular formula is C23H29FO6. The molecule has 0 amide bonds. The van der Waals surface area contributed by atoms with Crippen LogP contribution in [0.5, 0.6) is 0 Å². The van der Waals surface area contributed by atoms with E-state index in [0.29, 0.717) is 24.8 Å². The van der Waals surface area contributed by atoms with Gasteiger partial charge in [0.05, 0.1) is 6.10 Å². The number of ether oxygens (including phenoxy) is 2. The number of aliphatic hydroxyl groups excluding tert-OH is 1. The van der Waals surface area contributed by atoms with Crippen molar-refractivity contribution in [2.24, 2.45) is 22.7 Å². The molecule has 7 heteroatoms. The molecule has 0 aromatic heterocycles. The van der Waals surface area contributed by atoms with Gasteiger partial charge in [-0.15, -0.1) is 0 Å². The van der Waals surface area contributed by atoms with E-state index >= 15 is 4.39 Å². The average molecular weight is 420 g/mol. The lowest BCUT2D eigenvalue weighted by Gasteiger charge is -2.62. The maximum Gasteiger partial charge on any atom is 0.339 e. The lowest BCUT2D eigenvalue weighted by molar-refractivity contribution is -0.251. The maximum absolute atomic E-state index is 17.0. The van der Waals surface area contributed by atoms with Crippen LogP contribution in [0.2, 0.25) is 0 Å². The number of fused-ring (bicyclic) bond motifs is 7. The first-order valence-corrected chi connectivity index (χ1v) is 10.7. The first kappa shape index (κ1) is 20.3. The third-order valence-corrected chi connectivity index (χ3v) is 8.95. The fourth-order valence-electron chi connectivity index (χ4n) is 7.68. The number of halogens is 1. The zero-order valence-electron chi connectivity index (χ0n) is 17.8. The van der Waals surface area contributed by atoms with Crippen LogP contribution in [0.25, 0.3) is 0 Å². The Labute approximate surface area is 175 Å². The Balaban J connectivity index is 1.64. The van der Waals surface area contributed by atoms with Gasteiger partial charge in [-0.1, -0.05) is 18.6 Å². The monoisotopic (exact) mass is 420 g/mol. The molecule has 4 fully saturated rings. The quantitative estimate of drug-likeness (QED) is 0.678. The number of aliphatic carboxylic acids is 1. The molecule has 0 unspecified atom stereocenters. The van der Waals surface area contributed by atoms with E-state index in [1.807, 2.05) is 6.92 Å². The molecule has 0 spiro atoms. The normalized spacial score (nSPS) is 53.4. The molecule has 1 saturated heterocycles. The summed E-state index contributed by atoms with van der Waals surface area (Å²) in [6.45, 7) is 6.94. The average Bonchev–Trinajstić information content (AvgIpc) is 3.04. The molecule has 0 aromatic rings. The molecule has 1 heterocycles. The number of alkyl halides is 1. The number of carbonyl (C=O) groups is 2. The summed E-state index contributed by atoms with van der Waals surface area (Å²) in [4.78, 5) is 24.5. The number of allylic oxidation sites excluding steroid dienone is 4. The Bertz CT molecular complexity index is 909. The van der Waals surface area contributed by atoms with E-state index in [4.69, 9.17) is 9.47 Å². The highest BCUT2D eigenvalue weighted by molar-refractivity contribution is 6.01. The van der Waals surface area contributed by atoms with Gasteiger partial charge in [-0.3, -0.25) is 4.79 Å². The lowest BCUT2D eigenvalue weighted by Crippen LogP contribution is -2.69. The molecule has 6 nitrogen and oxygen atoms in total. The third-order valence-electron chi connectivity index (χ3n) is 8.95. The summed E-state index contributed by atoms with van der Waals surface area (Å²) in [6.07, 6.45) is 3.69. The van der Waals surface area contributed by atoms with Gasteiger partial charge in [0.25, 0.3) is 0 Å². The van der Waals surface area contributed by atoms with Gasteiger partial charge >= 0.3 is 5.97 Å². The number of carboxylic acids is 1. The zero-order valence-corrected chi connectivity index (χ0v) is 17.8. The molecule has 2 N–H and O–H groups in total. The molecule has 0 bridgehead atoms. The van der Waals surface area contributed by atoms with Crippen LogP contribution < -0.4 is 0 Å². The van der Waals surface area contributed by atoms with Crippen LogP contribution in [0.1, 0.15) is 53.4 Å². The van der Waals surface area contributed by atoms with E-state index in [9.17, 15) is 19.8 Å². The van der Waals surface area contributed by atoms with E-state index in [-0.39, 0.29) is 18.1 Å². The molecule has 4 aliphatic carbocycles. The minimum absolute atomic E-state index is 0.0441. The van der Waals surface area contributed by atoms with Gasteiger partial charge < -0.3 is 19.7 Å². The first-order valence-electron chi connectivity index (χ1n) is 10.7. The Kier molecular flexibility index (Phi) is 3.81. The minimum Gasteiger partial charge on any atom is -0.479 e. The van der Waals surface area contributed by atoms with Gasteiger partial charge in [0.15, 0.2) is 22.8 Å². The largest absolute Gasteiger partial charge is 0.479 e. The number of carboxylic acid groups (broad SMARTS) is 1. The Hall–Kier alpha value is -1.57. The molecule has 5 aliphatic rings. The fourth-order valence-corrected chi connectivity index (χ4v) is 7.68. The van der Waals surface area contributed by atoms with Crippen molar-refractivity contribution >= 4 is 11.8 Å². The van der Waals surface area contributed by atoms with E-state index in [0.717, 1.165) is 0 Å². The number of hydrogen-bond donors (Lipinski definition) is 2. The number of rotatable bonds is 1. The van der Waals surface area contributed by atoms with Crippen molar-refractivity contribution in [3.8, 4) is 0 Å². The van der Waals surface area contributed by atoms with Crippen LogP contribution in [0.15, 0.2) is 23.8 Å². The molecule has 0 aromatic carbocycles. The third kappa shape index (κ3) is 2.04. The highest BCUT2D eigenvalue weighted by atomic mass is 19.1. The van der Waals surface area contributed by atoms with Crippen molar-refractivity contribution < 1.29 is 33.7 Å². The van der Waals surface area contributed by atoms with E-state index in [2.05, 4.69) is 0 Å². The van der Waals surface area contributed by atoms with Crippen LogP contribution in [0, 0.1) is 22.7 Å². The fraction of sp³-hybridized carbons (Fsp3) is 0.739. The molecule has 164 valence electrons. The van der Waals surface area contributed by atoms with Crippen LogP contribution >= 0.6 is 0 Å². The molecule has 0 radical (unpaired) electrons. The van der Waals surface area contributed by atoms with Gasteiger partial charge in [-0.2, -0.15) is 0 Å². The molecule has 3 saturated carbocycles. The summed E-state index contributed by atoms with van der Waals surface area (Å²) in [6, 6.07) is 0. The highest BCUT2D eigenvalue weighted by Gasteiger charge is 2.80. The van der Waals surface area contributed by atoms with Crippen molar-refractivity contribution in [2.75, 3.05) is 0 Å². The number of aliphatic hydroxyl groups is 1. The second kappa shape index (κ2) is 5.61. The van der Waals surface area contributed by atoms with Gasteiger partial charge in [-0.05, 0) is 64.5 Å². The molecule has 8 atom stereocenters. The number of ketones is 1. The summed E-state index contributed by atoms with van der Waals surface area (Å²) in [5, 5.41) is 21.6. The summed E-state index contributed by atoms with van der Waals surface area (Å²) in [5.41, 5.74) is -5.00. The van der Waals surface area contributed by atoms with Gasteiger partial charge in [0.1, 0.15) is 6.10 Å². The summed E-state index contributed by atoms with van der Waals surface area (Å²) < 4.78 is 29.1. The van der Waals surface area contributed by atoms with E-state index in [1.165, 1.54) is 12.2 Å². The Morgan fingerprint density at radius 2 is 1.93 bits per heavy atom. The smallest absolute Gasteiger partial charge is 0.339 e. The summed E-state index contributed by atoms with van der Waals surface area (Å²) in [7, 11) is 0. The van der Waals surface area contributed by atoms with Crippen molar-refractivity contribution in [2.45, 2.75) is 82.6 Å². The van der Waals surface area contributed by atoms with E-state index in [1.54, 1.807) is 26.8 Å². The number of carbonyl (C=O) groups excluding carboxylic acids is 1. The van der Waals surface area contributed by atoms with Crippen LogP contribution in [-0.4, -0.2) is 51.2 Å². The second-order valence-electron chi connectivity index (χ2n) is 10.6. The standard InChI is InChI=1S/C23H29FO6/c1-19(2)29-17-10-15-14-6-5-12-9-13(25)7-8-20(12,3)22(14,24)16(26)11-21(15,4)23(17,30-19)18(27)28/h7-9,14-17,26H,5-6,10-11H2,1-4H3,(H,27,28)/t14-,15+,16+,17-,20+,21+,22+,23+/m1/s1. The summed E-state index contributed by atoms with van der Waals surface area (Å²) >= 11 is 0. The zero-order chi connectivity index (χ0) is 21.9. The van der Waals surface area contributed by atoms with Gasteiger partial charge in [-0.25, -0.2) is 9.18 Å². The SMILES string of the molecule is CC1(C)O[C@@H]2C[C@H]3[C@H]4CCC5=CC(=O)C=C[C@]5(C)[C@@]4(F)[C@@H](O)C[C@]3(C)[C@]2(C(=O)O)O1. The van der Waals surface area contributed by atoms with Crippen LogP contribution in [0.4, 0.5) is 4.39 Å². The molecule has 30 heavy (non-hydrogen) atoms. The van der Waals surface area contributed by atoms with Crippen molar-refractivity contribution in [1.82, 2.24) is 0 Å². The van der Waals surface area contributed by atoms with E-state index < -0.39 is 52.0 Å². The van der Waals surface area contributed by atoms with Crippen LogP contribution in [-0.2, 0) is 19.1 Å². The summed E-state index contributed by atoms with van der Waals surface area (Å²) in [5.74, 6) is -3.24. The molecule has 1 aliphatic heterocycles. The minimum atomic E-state index is -1.99. The topological polar surface area (TPSA) is 93.1 Å². The predicted molar refractivity (Wildman–Crippen MR) is 104 cm³/mol. The Morgan fingerprint density at radius 3 is 2.60 bits per heavy atom. The maximum atomic E-state index is 17.0. The van der Waals surface area contributed by atoms with Crippen molar-refractivity contribution in [1.29, 1.82) is 0 Å². The molecule has 5 rings (SSSR count). The van der Waals surface area contributed by atoms with Crippen molar-refractivity contribution in [3.63, 3.8) is 0 Å². The van der Waals surface area contributed by atoms with Gasteiger partial charge in [0, 0.05) is 16.7 Å². The predicted octanol–water partition coefficient (Wildman–Crippen LogP) is 2.94. The Morgan fingerprint density at radius 1 is 1.23 bits per heavy atom. The number of hydrogen-bond acceptors (Lipinski definition) is 5. The second-order valence-corrected chi connectivity index (χ2v) is 10.6. The lowest BCUT2D eigenvalue weighted by atomic mass is 9.45. The van der Waals surface area contributed by atoms with Crippen molar-refractivity contribution in [3.05, 3.63) is 23.8 Å². The van der Waals surface area contributed by atoms with Gasteiger partial charge in [0.2, 0.25) is 0 Å².